The number of rotatable bonds is 6. The van der Waals surface area contributed by atoms with Crippen LogP contribution in [0, 0.1) is 0 Å². The Morgan fingerprint density at radius 1 is 1.28 bits per heavy atom. The molecule has 2 atom stereocenters. The van der Waals surface area contributed by atoms with E-state index >= 15 is 0 Å². The van der Waals surface area contributed by atoms with Crippen LogP contribution in [0.4, 0.5) is 4.39 Å². The van der Waals surface area contributed by atoms with Crippen molar-refractivity contribution in [2.75, 3.05) is 6.54 Å². The van der Waals surface area contributed by atoms with Gasteiger partial charge in [0.25, 0.3) is 0 Å². The number of hydrogen-bond donors (Lipinski definition) is 1. The first kappa shape index (κ1) is 21.1. The van der Waals surface area contributed by atoms with E-state index in [1.54, 1.807) is 0 Å². The average Bonchev–Trinajstić information content (AvgIpc) is 2.97. The lowest BCUT2D eigenvalue weighted by Crippen LogP contribution is -2.35. The summed E-state index contributed by atoms with van der Waals surface area (Å²) in [6, 6.07) is 1.34. The fraction of sp³-hybridized carbons (Fsp3) is 0.438. The van der Waals surface area contributed by atoms with Crippen molar-refractivity contribution in [3.8, 4) is 0 Å². The van der Waals surface area contributed by atoms with Gasteiger partial charge in [0, 0.05) is 33.3 Å². The van der Waals surface area contributed by atoms with Crippen molar-refractivity contribution < 1.29 is 12.8 Å². The van der Waals surface area contributed by atoms with Gasteiger partial charge in [-0.1, -0.05) is 21.8 Å². The highest BCUT2D eigenvalue weighted by Crippen LogP contribution is 2.48. The monoisotopic (exact) mass is 438 g/mol. The highest BCUT2D eigenvalue weighted by molar-refractivity contribution is 7.89. The van der Waals surface area contributed by atoms with E-state index in [2.05, 4.69) is 29.8 Å². The van der Waals surface area contributed by atoms with Gasteiger partial charge in [-0.2, -0.15) is 0 Å². The van der Waals surface area contributed by atoms with Crippen LogP contribution in [0.25, 0.3) is 31.7 Å². The molecule has 0 fully saturated rings. The first-order valence-electron chi connectivity index (χ1n) is 8.46. The molecule has 0 spiro atoms. The van der Waals surface area contributed by atoms with Crippen molar-refractivity contribution in [1.29, 1.82) is 0 Å². The Hall–Kier alpha value is -2.62. The number of halogens is 2. The van der Waals surface area contributed by atoms with Crippen LogP contribution < -0.4 is 4.72 Å². The summed E-state index contributed by atoms with van der Waals surface area (Å²) >= 11 is 5.98. The van der Waals surface area contributed by atoms with E-state index in [1.807, 2.05) is 0 Å². The normalized spacial score (nSPS) is 18.8. The van der Waals surface area contributed by atoms with Crippen LogP contribution >= 0.6 is 11.6 Å². The lowest BCUT2D eigenvalue weighted by atomic mass is 10.0. The van der Waals surface area contributed by atoms with Gasteiger partial charge in [0.15, 0.2) is 0 Å². The molecule has 0 amide bonds. The Morgan fingerprint density at radius 2 is 1.93 bits per heavy atom. The standard InChI is InChI=1S/C16H16ClFN8O2S/c1-16(2,18)7-22-29(27,28)13-3-9-11(23-25-19)5-12(24-26-20)15(9)10-6-21-14(17)4-8(10)13/h3-4,6,11-12,22H,5,7H2,1-2H3/t11-,12-/m1/s1. The molecule has 0 unspecified atom stereocenters. The van der Waals surface area contributed by atoms with Crippen LogP contribution in [0.2, 0.25) is 5.15 Å². The van der Waals surface area contributed by atoms with Crippen molar-refractivity contribution in [2.45, 2.75) is 42.9 Å². The van der Waals surface area contributed by atoms with Crippen LogP contribution in [-0.4, -0.2) is 25.6 Å². The molecule has 1 aliphatic rings. The number of hydrogen-bond acceptors (Lipinski definition) is 5. The summed E-state index contributed by atoms with van der Waals surface area (Å²) in [5, 5.41) is 8.16. The van der Waals surface area contributed by atoms with Crippen molar-refractivity contribution in [2.24, 2.45) is 10.2 Å². The molecule has 1 heterocycles. The second-order valence-electron chi connectivity index (χ2n) is 7.15. The van der Waals surface area contributed by atoms with Crippen LogP contribution in [-0.2, 0) is 10.0 Å². The number of nitrogens with one attached hydrogen (secondary N) is 1. The number of azide groups is 2. The first-order valence-corrected chi connectivity index (χ1v) is 10.3. The molecule has 1 N–H and O–H groups in total. The molecule has 1 aromatic carbocycles. The summed E-state index contributed by atoms with van der Waals surface area (Å²) in [4.78, 5) is 9.50. The molecule has 29 heavy (non-hydrogen) atoms. The lowest BCUT2D eigenvalue weighted by Gasteiger charge is -2.18. The molecule has 152 valence electrons. The SMILES string of the molecule is CC(C)(F)CNS(=O)(=O)c1cc2c(c3cnc(Cl)cc13)[C@H](N=[N+]=[N-])C[C@H]2N=[N+]=[N-]. The number of pyridine rings is 1. The third-order valence-corrected chi connectivity index (χ3v) is 6.16. The maximum absolute atomic E-state index is 13.9. The van der Waals surface area contributed by atoms with E-state index in [4.69, 9.17) is 22.7 Å². The quantitative estimate of drug-likeness (QED) is 0.291. The van der Waals surface area contributed by atoms with E-state index in [0.717, 1.165) is 0 Å². The molecule has 0 radical (unpaired) electrons. The minimum absolute atomic E-state index is 0.0599. The zero-order chi connectivity index (χ0) is 21.4. The molecular weight excluding hydrogens is 423 g/mol. The number of sulfonamides is 1. The average molecular weight is 439 g/mol. The van der Waals surface area contributed by atoms with Crippen LogP contribution in [0.15, 0.2) is 33.5 Å². The molecule has 3 rings (SSSR count). The molecule has 10 nitrogen and oxygen atoms in total. The van der Waals surface area contributed by atoms with E-state index in [-0.39, 0.29) is 21.9 Å². The summed E-state index contributed by atoms with van der Waals surface area (Å²) in [5.41, 5.74) is 16.9. The molecule has 0 saturated carbocycles. The Kier molecular flexibility index (Phi) is 5.57. The van der Waals surface area contributed by atoms with Gasteiger partial charge in [0.2, 0.25) is 10.0 Å². The van der Waals surface area contributed by atoms with E-state index < -0.39 is 34.3 Å². The molecule has 1 aromatic heterocycles. The summed E-state index contributed by atoms with van der Waals surface area (Å²) in [6.45, 7) is 2.06. The third kappa shape index (κ3) is 4.21. The van der Waals surface area contributed by atoms with E-state index in [1.165, 1.54) is 32.2 Å². The van der Waals surface area contributed by atoms with Gasteiger partial charge in [-0.15, -0.1) is 0 Å². The topological polar surface area (TPSA) is 157 Å². The number of benzene rings is 1. The van der Waals surface area contributed by atoms with Gasteiger partial charge in [-0.25, -0.2) is 22.5 Å². The number of fused-ring (bicyclic) bond motifs is 3. The second kappa shape index (κ2) is 7.66. The molecular formula is C16H16ClFN8O2S. The zero-order valence-electron chi connectivity index (χ0n) is 15.4. The van der Waals surface area contributed by atoms with Crippen molar-refractivity contribution in [3.05, 3.63) is 55.5 Å². The Balaban J connectivity index is 2.31. The Labute approximate surface area is 170 Å². The largest absolute Gasteiger partial charge is 0.244 e. The van der Waals surface area contributed by atoms with Gasteiger partial charge < -0.3 is 0 Å². The third-order valence-electron chi connectivity index (χ3n) is 4.52. The molecule has 1 aliphatic carbocycles. The first-order chi connectivity index (χ1) is 13.6. The van der Waals surface area contributed by atoms with Crippen LogP contribution in [0.3, 0.4) is 0 Å². The van der Waals surface area contributed by atoms with Gasteiger partial charge in [-0.3, -0.25) is 0 Å². The highest BCUT2D eigenvalue weighted by atomic mass is 35.5. The number of aromatic nitrogens is 1. The van der Waals surface area contributed by atoms with Gasteiger partial charge >= 0.3 is 0 Å². The van der Waals surface area contributed by atoms with Crippen molar-refractivity contribution >= 4 is 32.4 Å². The van der Waals surface area contributed by atoms with Crippen molar-refractivity contribution in [3.63, 3.8) is 0 Å². The predicted octanol–water partition coefficient (Wildman–Crippen LogP) is 5.02. The fourth-order valence-corrected chi connectivity index (χ4v) is 4.90. The molecule has 2 aromatic rings. The highest BCUT2D eigenvalue weighted by Gasteiger charge is 2.35. The predicted molar refractivity (Wildman–Crippen MR) is 106 cm³/mol. The molecule has 0 aliphatic heterocycles. The summed E-state index contributed by atoms with van der Waals surface area (Å²) in [7, 11) is -4.14. The smallest absolute Gasteiger partial charge is 0.241 e. The number of alkyl halides is 1. The van der Waals surface area contributed by atoms with Gasteiger partial charge in [-0.05, 0) is 54.6 Å². The second-order valence-corrected chi connectivity index (χ2v) is 9.27. The number of nitrogens with zero attached hydrogens (tertiary/aromatic N) is 7. The molecule has 0 saturated heterocycles. The lowest BCUT2D eigenvalue weighted by molar-refractivity contribution is 0.221. The minimum atomic E-state index is -4.14. The van der Waals surface area contributed by atoms with Gasteiger partial charge in [0.05, 0.1) is 17.0 Å². The van der Waals surface area contributed by atoms with Crippen molar-refractivity contribution in [1.82, 2.24) is 9.71 Å². The maximum Gasteiger partial charge on any atom is 0.241 e. The minimum Gasteiger partial charge on any atom is -0.244 e. The maximum atomic E-state index is 13.9. The van der Waals surface area contributed by atoms with Crippen LogP contribution in [0.5, 0.6) is 0 Å². The summed E-state index contributed by atoms with van der Waals surface area (Å²) < 4.78 is 42.0. The van der Waals surface area contributed by atoms with Crippen LogP contribution in [0.1, 0.15) is 43.5 Å². The summed E-state index contributed by atoms with van der Waals surface area (Å²) in [5.74, 6) is 0. The van der Waals surface area contributed by atoms with E-state index in [9.17, 15) is 12.8 Å². The fourth-order valence-electron chi connectivity index (χ4n) is 3.31. The zero-order valence-corrected chi connectivity index (χ0v) is 17.0. The van der Waals surface area contributed by atoms with Gasteiger partial charge in [0.1, 0.15) is 10.8 Å². The molecule has 13 heteroatoms. The Morgan fingerprint density at radius 3 is 2.55 bits per heavy atom. The Bertz CT molecular complexity index is 1180. The molecule has 0 bridgehead atoms. The van der Waals surface area contributed by atoms with E-state index in [0.29, 0.717) is 16.5 Å². The summed E-state index contributed by atoms with van der Waals surface area (Å²) in [6.07, 6.45) is 1.57.